The first-order valence-corrected chi connectivity index (χ1v) is 10.9. The number of aryl methyl sites for hydroxylation is 1. The van der Waals surface area contributed by atoms with Gasteiger partial charge in [0.25, 0.3) is 5.78 Å². The van der Waals surface area contributed by atoms with Crippen LogP contribution in [0.4, 0.5) is 5.95 Å². The molecule has 34 heavy (non-hydrogen) atoms. The standard InChI is InChI=1S/C27H20N4O3/c1-15-7-6-8-16(13-15)23-22(24(32)18-14-28-19-10-3-2-9-17(18)19)25(33)26(34)31(23)27-29-20-11-4-5-12-21(20)30-27/h2-14,23,28,32H,1H3,(H,29,30)/b24-22+. The highest BCUT2D eigenvalue weighted by Gasteiger charge is 2.48. The Labute approximate surface area is 194 Å². The van der Waals surface area contributed by atoms with Crippen LogP contribution in [0.2, 0.25) is 0 Å². The zero-order valence-corrected chi connectivity index (χ0v) is 18.2. The van der Waals surface area contributed by atoms with Crippen LogP contribution >= 0.6 is 0 Å². The van der Waals surface area contributed by atoms with Crippen LogP contribution in [-0.2, 0) is 9.59 Å². The maximum atomic E-state index is 13.4. The Morgan fingerprint density at radius 3 is 2.53 bits per heavy atom. The lowest BCUT2D eigenvalue weighted by Crippen LogP contribution is -2.30. The van der Waals surface area contributed by atoms with Crippen LogP contribution in [0.3, 0.4) is 0 Å². The van der Waals surface area contributed by atoms with Crippen molar-refractivity contribution in [3.63, 3.8) is 0 Å². The van der Waals surface area contributed by atoms with Gasteiger partial charge in [-0.3, -0.25) is 14.5 Å². The third-order valence-corrected chi connectivity index (χ3v) is 6.25. The van der Waals surface area contributed by atoms with Crippen LogP contribution in [0.5, 0.6) is 0 Å². The SMILES string of the molecule is Cc1cccc(C2/C(=C(\O)c3c[nH]c4ccccc34)C(=O)C(=O)N2c2nc3ccccc3[nH]2)c1. The van der Waals surface area contributed by atoms with Crippen molar-refractivity contribution in [3.05, 3.63) is 101 Å². The number of aliphatic hydroxyl groups excluding tert-OH is 1. The lowest BCUT2D eigenvalue weighted by atomic mass is 9.94. The number of H-pyrrole nitrogens is 2. The van der Waals surface area contributed by atoms with Gasteiger partial charge in [-0.05, 0) is 30.7 Å². The second-order valence-corrected chi connectivity index (χ2v) is 8.41. The van der Waals surface area contributed by atoms with Crippen molar-refractivity contribution in [2.75, 3.05) is 4.90 Å². The van der Waals surface area contributed by atoms with Gasteiger partial charge >= 0.3 is 5.91 Å². The summed E-state index contributed by atoms with van der Waals surface area (Å²) in [5.41, 5.74) is 4.43. The van der Waals surface area contributed by atoms with Crippen molar-refractivity contribution in [3.8, 4) is 0 Å². The van der Waals surface area contributed by atoms with Crippen molar-refractivity contribution in [1.82, 2.24) is 15.0 Å². The molecule has 1 fully saturated rings. The molecule has 6 rings (SSSR count). The van der Waals surface area contributed by atoms with E-state index in [0.29, 0.717) is 16.6 Å². The molecule has 1 amide bonds. The second kappa shape index (κ2) is 7.45. The predicted octanol–water partition coefficient (Wildman–Crippen LogP) is 4.98. The van der Waals surface area contributed by atoms with E-state index in [-0.39, 0.29) is 17.3 Å². The molecule has 1 aliphatic rings. The Balaban J connectivity index is 1.61. The molecule has 7 heteroatoms. The number of nitrogens with one attached hydrogen (secondary N) is 2. The Bertz CT molecular complexity index is 1610. The van der Waals surface area contributed by atoms with E-state index in [9.17, 15) is 14.7 Å². The number of rotatable bonds is 3. The Kier molecular flexibility index (Phi) is 4.38. The molecule has 0 bridgehead atoms. The Hall–Kier alpha value is -4.65. The van der Waals surface area contributed by atoms with E-state index in [1.54, 1.807) is 6.20 Å². The van der Waals surface area contributed by atoms with Gasteiger partial charge in [0.2, 0.25) is 5.95 Å². The number of aromatic nitrogens is 3. The zero-order valence-electron chi connectivity index (χ0n) is 18.2. The molecule has 0 saturated carbocycles. The van der Waals surface area contributed by atoms with E-state index in [4.69, 9.17) is 0 Å². The van der Waals surface area contributed by atoms with Gasteiger partial charge in [0, 0.05) is 22.7 Å². The maximum Gasteiger partial charge on any atom is 0.302 e. The van der Waals surface area contributed by atoms with Gasteiger partial charge in [0.05, 0.1) is 22.6 Å². The number of benzene rings is 3. The topological polar surface area (TPSA) is 102 Å². The van der Waals surface area contributed by atoms with Crippen LogP contribution < -0.4 is 4.90 Å². The van der Waals surface area contributed by atoms with Crippen molar-refractivity contribution >= 4 is 45.3 Å². The molecule has 1 atom stereocenters. The molecule has 0 radical (unpaired) electrons. The molecule has 1 unspecified atom stereocenters. The Morgan fingerprint density at radius 2 is 1.74 bits per heavy atom. The average Bonchev–Trinajstić information content (AvgIpc) is 3.53. The summed E-state index contributed by atoms with van der Waals surface area (Å²) in [6.07, 6.45) is 1.65. The number of imidazole rings is 1. The van der Waals surface area contributed by atoms with Crippen LogP contribution in [0.15, 0.2) is 84.6 Å². The molecule has 7 nitrogen and oxygen atoms in total. The molecule has 1 saturated heterocycles. The molecule has 0 spiro atoms. The van der Waals surface area contributed by atoms with Crippen LogP contribution in [0.1, 0.15) is 22.7 Å². The first kappa shape index (κ1) is 20.0. The minimum Gasteiger partial charge on any atom is -0.507 e. The lowest BCUT2D eigenvalue weighted by molar-refractivity contribution is -0.132. The molecule has 3 aromatic carbocycles. The monoisotopic (exact) mass is 448 g/mol. The number of hydrogen-bond donors (Lipinski definition) is 3. The first-order valence-electron chi connectivity index (χ1n) is 10.9. The number of aromatic amines is 2. The summed E-state index contributed by atoms with van der Waals surface area (Å²) >= 11 is 0. The minimum absolute atomic E-state index is 0.0285. The fraction of sp³-hybridized carbons (Fsp3) is 0.0741. The van der Waals surface area contributed by atoms with E-state index in [0.717, 1.165) is 22.0 Å². The van der Waals surface area contributed by atoms with Crippen molar-refractivity contribution in [1.29, 1.82) is 0 Å². The van der Waals surface area contributed by atoms with Gasteiger partial charge in [-0.15, -0.1) is 0 Å². The number of aliphatic hydroxyl groups is 1. The summed E-state index contributed by atoms with van der Waals surface area (Å²) in [4.78, 5) is 38.9. The number of hydrogen-bond acceptors (Lipinski definition) is 4. The number of carbonyl (C=O) groups excluding carboxylic acids is 2. The lowest BCUT2D eigenvalue weighted by Gasteiger charge is -2.23. The van der Waals surface area contributed by atoms with Gasteiger partial charge in [0.15, 0.2) is 0 Å². The third-order valence-electron chi connectivity index (χ3n) is 6.25. The molecule has 1 aliphatic heterocycles. The number of para-hydroxylation sites is 3. The van der Waals surface area contributed by atoms with Gasteiger partial charge < -0.3 is 15.1 Å². The fourth-order valence-corrected chi connectivity index (χ4v) is 4.67. The molecular formula is C27H20N4O3. The minimum atomic E-state index is -0.839. The number of carbonyl (C=O) groups is 2. The molecule has 3 N–H and O–H groups in total. The van der Waals surface area contributed by atoms with Gasteiger partial charge in [0.1, 0.15) is 5.76 Å². The maximum absolute atomic E-state index is 13.4. The van der Waals surface area contributed by atoms with Crippen LogP contribution in [0, 0.1) is 6.92 Å². The van der Waals surface area contributed by atoms with Gasteiger partial charge in [-0.1, -0.05) is 60.2 Å². The number of anilines is 1. The van der Waals surface area contributed by atoms with Crippen LogP contribution in [-0.4, -0.2) is 31.7 Å². The molecular weight excluding hydrogens is 428 g/mol. The largest absolute Gasteiger partial charge is 0.507 e. The van der Waals surface area contributed by atoms with E-state index in [1.807, 2.05) is 79.7 Å². The zero-order chi connectivity index (χ0) is 23.4. The predicted molar refractivity (Wildman–Crippen MR) is 130 cm³/mol. The van der Waals surface area contributed by atoms with E-state index < -0.39 is 17.7 Å². The highest BCUT2D eigenvalue weighted by Crippen LogP contribution is 2.42. The van der Waals surface area contributed by atoms with E-state index >= 15 is 0 Å². The first-order chi connectivity index (χ1) is 16.5. The fourth-order valence-electron chi connectivity index (χ4n) is 4.67. The molecule has 0 aliphatic carbocycles. The molecule has 2 aromatic heterocycles. The smallest absolute Gasteiger partial charge is 0.302 e. The molecule has 166 valence electrons. The van der Waals surface area contributed by atoms with Crippen molar-refractivity contribution in [2.24, 2.45) is 0 Å². The summed E-state index contributed by atoms with van der Waals surface area (Å²) in [5.74, 6) is -1.46. The molecule has 5 aromatic rings. The second-order valence-electron chi connectivity index (χ2n) is 8.41. The third kappa shape index (κ3) is 2.94. The molecule has 3 heterocycles. The number of fused-ring (bicyclic) bond motifs is 2. The summed E-state index contributed by atoms with van der Waals surface area (Å²) in [6, 6.07) is 21.6. The number of Topliss-reactive ketones (excluding diaryl/α,β-unsaturated/α-hetero) is 1. The van der Waals surface area contributed by atoms with Gasteiger partial charge in [-0.2, -0.15) is 0 Å². The van der Waals surface area contributed by atoms with E-state index in [1.165, 1.54) is 4.90 Å². The summed E-state index contributed by atoms with van der Waals surface area (Å²) in [7, 11) is 0. The number of nitrogens with zero attached hydrogens (tertiary/aromatic N) is 2. The Morgan fingerprint density at radius 1 is 0.971 bits per heavy atom. The number of amides is 1. The normalized spacial score (nSPS) is 17.8. The summed E-state index contributed by atoms with van der Waals surface area (Å²) in [6.45, 7) is 1.94. The quantitative estimate of drug-likeness (QED) is 0.206. The highest BCUT2D eigenvalue weighted by atomic mass is 16.3. The van der Waals surface area contributed by atoms with Crippen molar-refractivity contribution < 1.29 is 14.7 Å². The van der Waals surface area contributed by atoms with Crippen LogP contribution in [0.25, 0.3) is 27.7 Å². The summed E-state index contributed by atoms with van der Waals surface area (Å²) in [5, 5.41) is 12.2. The average molecular weight is 448 g/mol. The van der Waals surface area contributed by atoms with E-state index in [2.05, 4.69) is 15.0 Å². The highest BCUT2D eigenvalue weighted by molar-refractivity contribution is 6.51. The summed E-state index contributed by atoms with van der Waals surface area (Å²) < 4.78 is 0. The van der Waals surface area contributed by atoms with Gasteiger partial charge in [-0.25, -0.2) is 4.98 Å². The number of ketones is 1. The van der Waals surface area contributed by atoms with Crippen molar-refractivity contribution in [2.45, 2.75) is 13.0 Å².